The topological polar surface area (TPSA) is 89.3 Å². The highest BCUT2D eigenvalue weighted by Crippen LogP contribution is 2.17. The Hall–Kier alpha value is -2.22. The molecule has 0 aliphatic heterocycles. The number of hydrogen-bond acceptors (Lipinski definition) is 5. The second-order valence-electron chi connectivity index (χ2n) is 5.16. The van der Waals surface area contributed by atoms with E-state index in [-0.39, 0.29) is 11.4 Å². The summed E-state index contributed by atoms with van der Waals surface area (Å²) < 4.78 is 42.6. The van der Waals surface area contributed by atoms with E-state index >= 15 is 0 Å². The van der Waals surface area contributed by atoms with E-state index in [0.29, 0.717) is 17.0 Å². The van der Waals surface area contributed by atoms with Crippen molar-refractivity contribution in [1.82, 2.24) is 10.5 Å². The van der Waals surface area contributed by atoms with Gasteiger partial charge in [0.1, 0.15) is 16.8 Å². The van der Waals surface area contributed by atoms with Crippen molar-refractivity contribution in [1.29, 1.82) is 0 Å². The van der Waals surface area contributed by atoms with Crippen molar-refractivity contribution < 1.29 is 22.1 Å². The molecule has 6 nitrogen and oxygen atoms in total. The molecule has 124 valence electrons. The van der Waals surface area contributed by atoms with Crippen molar-refractivity contribution in [3.05, 3.63) is 47.1 Å². The number of carbonyl (C=O) groups is 1. The summed E-state index contributed by atoms with van der Waals surface area (Å²) in [6.45, 7) is 4.86. The molecule has 8 heteroatoms. The largest absolute Gasteiger partial charge is 0.361 e. The van der Waals surface area contributed by atoms with E-state index in [0.717, 1.165) is 24.3 Å². The molecule has 0 aliphatic rings. The summed E-state index contributed by atoms with van der Waals surface area (Å²) in [5, 5.41) is 5.03. The summed E-state index contributed by atoms with van der Waals surface area (Å²) in [4.78, 5) is 12.0. The average Bonchev–Trinajstić information content (AvgIpc) is 2.83. The predicted octanol–water partition coefficient (Wildman–Crippen LogP) is 1.91. The van der Waals surface area contributed by atoms with Crippen LogP contribution in [-0.4, -0.2) is 24.7 Å². The van der Waals surface area contributed by atoms with Crippen molar-refractivity contribution in [2.45, 2.75) is 37.5 Å². The van der Waals surface area contributed by atoms with Crippen LogP contribution in [0.2, 0.25) is 0 Å². The van der Waals surface area contributed by atoms with E-state index in [9.17, 15) is 17.6 Å². The maximum Gasteiger partial charge on any atom is 0.238 e. The maximum atomic E-state index is 12.9. The fourth-order valence-corrected chi connectivity index (χ4v) is 3.33. The van der Waals surface area contributed by atoms with Crippen LogP contribution in [0.4, 0.5) is 4.39 Å². The Morgan fingerprint density at radius 1 is 1.30 bits per heavy atom. The van der Waals surface area contributed by atoms with Crippen LogP contribution in [0.5, 0.6) is 0 Å². The number of halogens is 1. The van der Waals surface area contributed by atoms with Gasteiger partial charge in [0.05, 0.1) is 10.6 Å². The third-order valence-electron chi connectivity index (χ3n) is 3.60. The third-order valence-corrected chi connectivity index (χ3v) is 5.67. The number of nitrogens with one attached hydrogen (secondary N) is 1. The fourth-order valence-electron chi connectivity index (χ4n) is 2.04. The Bertz CT molecular complexity index is 793. The Morgan fingerprint density at radius 2 is 1.91 bits per heavy atom. The van der Waals surface area contributed by atoms with Crippen molar-refractivity contribution in [3.63, 3.8) is 0 Å². The number of nitrogens with zero attached hydrogens (tertiary/aromatic N) is 1. The number of amides is 1. The molecule has 0 aliphatic carbocycles. The molecule has 1 aromatic heterocycles. The quantitative estimate of drug-likeness (QED) is 0.840. The molecule has 1 heterocycles. The van der Waals surface area contributed by atoms with E-state index in [4.69, 9.17) is 4.52 Å². The summed E-state index contributed by atoms with van der Waals surface area (Å²) in [5.41, 5.74) is 1.35. The van der Waals surface area contributed by atoms with Gasteiger partial charge in [-0.3, -0.25) is 4.79 Å². The lowest BCUT2D eigenvalue weighted by molar-refractivity contribution is -0.120. The standard InChI is InChI=1S/C15H17FN2O4S/c1-9-14(10(2)22-18-9)8-17-15(19)11(3)23(20,21)13-6-4-12(16)5-7-13/h4-7,11H,8H2,1-3H3,(H,17,19)/t11-/m1/s1. The summed E-state index contributed by atoms with van der Waals surface area (Å²) in [7, 11) is -3.88. The summed E-state index contributed by atoms with van der Waals surface area (Å²) in [5.74, 6) is -0.620. The highest BCUT2D eigenvalue weighted by molar-refractivity contribution is 7.92. The van der Waals surface area contributed by atoms with Gasteiger partial charge in [-0.25, -0.2) is 12.8 Å². The molecule has 0 bridgehead atoms. The van der Waals surface area contributed by atoms with Gasteiger partial charge in [-0.2, -0.15) is 0 Å². The zero-order chi connectivity index (χ0) is 17.2. The van der Waals surface area contributed by atoms with Gasteiger partial charge in [0.25, 0.3) is 0 Å². The molecule has 1 N–H and O–H groups in total. The predicted molar refractivity (Wildman–Crippen MR) is 80.9 cm³/mol. The van der Waals surface area contributed by atoms with Gasteiger partial charge in [-0.15, -0.1) is 0 Å². The highest BCUT2D eigenvalue weighted by Gasteiger charge is 2.29. The van der Waals surface area contributed by atoms with Gasteiger partial charge in [-0.1, -0.05) is 5.16 Å². The molecule has 0 unspecified atom stereocenters. The number of benzene rings is 1. The van der Waals surface area contributed by atoms with Crippen LogP contribution in [0.15, 0.2) is 33.7 Å². The summed E-state index contributed by atoms with van der Waals surface area (Å²) >= 11 is 0. The van der Waals surface area contributed by atoms with Crippen molar-refractivity contribution in [2.24, 2.45) is 0 Å². The molecule has 0 radical (unpaired) electrons. The molecule has 2 rings (SSSR count). The van der Waals surface area contributed by atoms with Crippen LogP contribution in [-0.2, 0) is 21.2 Å². The number of carbonyl (C=O) groups excluding carboxylic acids is 1. The van der Waals surface area contributed by atoms with Gasteiger partial charge in [-0.05, 0) is 45.0 Å². The fraction of sp³-hybridized carbons (Fsp3) is 0.333. The number of rotatable bonds is 5. The van der Waals surface area contributed by atoms with E-state index in [1.807, 2.05) is 0 Å². The second-order valence-corrected chi connectivity index (χ2v) is 7.43. The minimum Gasteiger partial charge on any atom is -0.361 e. The van der Waals surface area contributed by atoms with Gasteiger partial charge in [0, 0.05) is 12.1 Å². The smallest absolute Gasteiger partial charge is 0.238 e. The minimum atomic E-state index is -3.88. The molecule has 1 aromatic carbocycles. The Morgan fingerprint density at radius 3 is 2.43 bits per heavy atom. The van der Waals surface area contributed by atoms with Crippen molar-refractivity contribution in [2.75, 3.05) is 0 Å². The highest BCUT2D eigenvalue weighted by atomic mass is 32.2. The van der Waals surface area contributed by atoms with Crippen LogP contribution in [0, 0.1) is 19.7 Å². The summed E-state index contributed by atoms with van der Waals surface area (Å²) in [6, 6.07) is 4.37. The number of aryl methyl sites for hydroxylation is 2. The van der Waals surface area contributed by atoms with Crippen LogP contribution in [0.1, 0.15) is 23.9 Å². The molecule has 2 aromatic rings. The molecule has 1 atom stereocenters. The third kappa shape index (κ3) is 3.58. The zero-order valence-corrected chi connectivity index (χ0v) is 13.8. The molecule has 0 saturated heterocycles. The molecule has 23 heavy (non-hydrogen) atoms. The molecule has 0 spiro atoms. The monoisotopic (exact) mass is 340 g/mol. The molecular formula is C15H17FN2O4S. The second kappa shape index (κ2) is 6.49. The van der Waals surface area contributed by atoms with Crippen LogP contribution >= 0.6 is 0 Å². The van der Waals surface area contributed by atoms with E-state index < -0.39 is 26.8 Å². The SMILES string of the molecule is Cc1noc(C)c1CNC(=O)[C@@H](C)S(=O)(=O)c1ccc(F)cc1. The first-order valence-electron chi connectivity index (χ1n) is 6.92. The van der Waals surface area contributed by atoms with Gasteiger partial charge >= 0.3 is 0 Å². The van der Waals surface area contributed by atoms with Gasteiger partial charge in [0.2, 0.25) is 5.91 Å². The molecule has 0 saturated carbocycles. The van der Waals surface area contributed by atoms with Crippen LogP contribution in [0.3, 0.4) is 0 Å². The first-order valence-corrected chi connectivity index (χ1v) is 8.47. The Balaban J connectivity index is 2.11. The van der Waals surface area contributed by atoms with E-state index in [2.05, 4.69) is 10.5 Å². The molecule has 1 amide bonds. The number of sulfone groups is 1. The Labute approximate surface area is 133 Å². The lowest BCUT2D eigenvalue weighted by Crippen LogP contribution is -2.37. The Kier molecular flexibility index (Phi) is 4.84. The van der Waals surface area contributed by atoms with E-state index in [1.165, 1.54) is 6.92 Å². The minimum absolute atomic E-state index is 0.0983. The first kappa shape index (κ1) is 17.1. The number of aromatic nitrogens is 1. The van der Waals surface area contributed by atoms with E-state index in [1.54, 1.807) is 13.8 Å². The zero-order valence-electron chi connectivity index (χ0n) is 13.0. The summed E-state index contributed by atoms with van der Waals surface area (Å²) in [6.07, 6.45) is 0. The number of hydrogen-bond donors (Lipinski definition) is 1. The molecule has 0 fully saturated rings. The van der Waals surface area contributed by atoms with Gasteiger partial charge < -0.3 is 9.84 Å². The van der Waals surface area contributed by atoms with Crippen molar-refractivity contribution >= 4 is 15.7 Å². The van der Waals surface area contributed by atoms with Gasteiger partial charge in [0.15, 0.2) is 9.84 Å². The van der Waals surface area contributed by atoms with Crippen molar-refractivity contribution in [3.8, 4) is 0 Å². The lowest BCUT2D eigenvalue weighted by atomic mass is 10.2. The average molecular weight is 340 g/mol. The maximum absolute atomic E-state index is 12.9. The lowest BCUT2D eigenvalue weighted by Gasteiger charge is -2.13. The first-order chi connectivity index (χ1) is 10.7. The van der Waals surface area contributed by atoms with Crippen LogP contribution in [0.25, 0.3) is 0 Å². The normalized spacial score (nSPS) is 12.9. The van der Waals surface area contributed by atoms with Crippen LogP contribution < -0.4 is 5.32 Å². The molecular weight excluding hydrogens is 323 g/mol.